The largest absolute Gasteiger partial charge is 0.391 e. The van der Waals surface area contributed by atoms with Crippen molar-refractivity contribution in [3.63, 3.8) is 0 Å². The normalized spacial score (nSPS) is 17.2. The minimum absolute atomic E-state index is 0.306. The Morgan fingerprint density at radius 3 is 2.22 bits per heavy atom. The topological polar surface area (TPSA) is 26.7 Å². The van der Waals surface area contributed by atoms with E-state index in [9.17, 15) is 5.11 Å². The average Bonchev–Trinajstić information content (AvgIpc) is 2.57. The first-order valence-electron chi connectivity index (χ1n) is 8.15. The van der Waals surface area contributed by atoms with Crippen LogP contribution in [-0.4, -0.2) is 48.8 Å². The molecular weight excluding hydrogens is 308 g/mol. The molecule has 2 aromatic carbocycles. The van der Waals surface area contributed by atoms with Crippen LogP contribution in [0.4, 0.5) is 5.69 Å². The zero-order valence-corrected chi connectivity index (χ0v) is 14.0. The van der Waals surface area contributed by atoms with Gasteiger partial charge in [0.25, 0.3) is 0 Å². The molecule has 1 heterocycles. The van der Waals surface area contributed by atoms with Gasteiger partial charge < -0.3 is 10.0 Å². The van der Waals surface area contributed by atoms with Crippen LogP contribution in [0.1, 0.15) is 5.56 Å². The van der Waals surface area contributed by atoms with Crippen LogP contribution in [0.3, 0.4) is 0 Å². The van der Waals surface area contributed by atoms with Gasteiger partial charge in [-0.3, -0.25) is 4.90 Å². The van der Waals surface area contributed by atoms with Gasteiger partial charge in [-0.25, -0.2) is 0 Å². The second kappa shape index (κ2) is 7.82. The summed E-state index contributed by atoms with van der Waals surface area (Å²) in [5.74, 6) is 0. The Bertz CT molecular complexity index is 595. The summed E-state index contributed by atoms with van der Waals surface area (Å²) in [5, 5.41) is 11.1. The number of aliphatic hydroxyl groups excluding tert-OH is 1. The Balaban J connectivity index is 1.46. The number of hydrogen-bond acceptors (Lipinski definition) is 3. The number of β-amino-alcohol motifs (C(OH)–C–C–N with tert-alkyl or cyclic N) is 1. The third-order valence-corrected chi connectivity index (χ3v) is 4.60. The molecule has 4 heteroatoms. The fourth-order valence-electron chi connectivity index (χ4n) is 3.09. The third-order valence-electron chi connectivity index (χ3n) is 4.35. The molecular formula is C19H23ClN2O. The van der Waals surface area contributed by atoms with Crippen LogP contribution >= 0.6 is 11.6 Å². The van der Waals surface area contributed by atoms with Crippen LogP contribution in [-0.2, 0) is 6.42 Å². The fraction of sp³-hybridized carbons (Fsp3) is 0.368. The van der Waals surface area contributed by atoms with E-state index in [0.717, 1.165) is 44.2 Å². The zero-order valence-electron chi connectivity index (χ0n) is 13.2. The highest BCUT2D eigenvalue weighted by molar-refractivity contribution is 6.30. The monoisotopic (exact) mass is 330 g/mol. The molecule has 1 aliphatic rings. The molecule has 0 aliphatic carbocycles. The Hall–Kier alpha value is -1.55. The van der Waals surface area contributed by atoms with Crippen LogP contribution in [0.25, 0.3) is 0 Å². The van der Waals surface area contributed by atoms with Crippen molar-refractivity contribution < 1.29 is 5.11 Å². The predicted octanol–water partition coefficient (Wildman–Crippen LogP) is 3.07. The van der Waals surface area contributed by atoms with E-state index < -0.39 is 0 Å². The van der Waals surface area contributed by atoms with Crippen molar-refractivity contribution in [1.29, 1.82) is 0 Å². The number of aliphatic hydroxyl groups is 1. The second-order valence-electron chi connectivity index (χ2n) is 6.11. The van der Waals surface area contributed by atoms with E-state index in [1.807, 2.05) is 30.3 Å². The van der Waals surface area contributed by atoms with Gasteiger partial charge in [-0.1, -0.05) is 41.9 Å². The number of hydrogen-bond donors (Lipinski definition) is 1. The molecule has 3 nitrogen and oxygen atoms in total. The first-order valence-corrected chi connectivity index (χ1v) is 8.53. The first-order chi connectivity index (χ1) is 11.2. The molecule has 1 atom stereocenters. The number of nitrogens with zero attached hydrogens (tertiary/aromatic N) is 2. The van der Waals surface area contributed by atoms with Crippen LogP contribution in [0, 0.1) is 0 Å². The number of halogens is 1. The van der Waals surface area contributed by atoms with Crippen LogP contribution in [0.15, 0.2) is 54.6 Å². The van der Waals surface area contributed by atoms with Crippen LogP contribution < -0.4 is 4.90 Å². The molecule has 0 radical (unpaired) electrons. The molecule has 1 N–H and O–H groups in total. The van der Waals surface area contributed by atoms with E-state index in [4.69, 9.17) is 11.6 Å². The number of piperazine rings is 1. The minimum Gasteiger partial charge on any atom is -0.391 e. The molecule has 1 fully saturated rings. The van der Waals surface area contributed by atoms with E-state index in [0.29, 0.717) is 0 Å². The molecule has 0 saturated carbocycles. The van der Waals surface area contributed by atoms with E-state index in [2.05, 4.69) is 34.1 Å². The van der Waals surface area contributed by atoms with E-state index in [1.165, 1.54) is 11.3 Å². The van der Waals surface area contributed by atoms with Crippen molar-refractivity contribution >= 4 is 17.3 Å². The quantitative estimate of drug-likeness (QED) is 0.912. The zero-order chi connectivity index (χ0) is 16.1. The molecule has 2 aromatic rings. The van der Waals surface area contributed by atoms with Crippen LogP contribution in [0.5, 0.6) is 0 Å². The van der Waals surface area contributed by atoms with Crippen molar-refractivity contribution in [2.45, 2.75) is 12.5 Å². The Morgan fingerprint density at radius 1 is 0.913 bits per heavy atom. The summed E-state index contributed by atoms with van der Waals surface area (Å²) in [6, 6.07) is 18.2. The van der Waals surface area contributed by atoms with Crippen molar-refractivity contribution in [1.82, 2.24) is 4.90 Å². The number of rotatable bonds is 5. The summed E-state index contributed by atoms with van der Waals surface area (Å²) >= 11 is 5.94. The minimum atomic E-state index is -0.306. The van der Waals surface area contributed by atoms with Gasteiger partial charge in [0.15, 0.2) is 0 Å². The molecule has 0 aromatic heterocycles. The van der Waals surface area contributed by atoms with Crippen molar-refractivity contribution in [3.8, 4) is 0 Å². The van der Waals surface area contributed by atoms with Gasteiger partial charge in [-0.15, -0.1) is 0 Å². The Morgan fingerprint density at radius 2 is 1.57 bits per heavy atom. The maximum atomic E-state index is 10.3. The fourth-order valence-corrected chi connectivity index (χ4v) is 3.22. The summed E-state index contributed by atoms with van der Waals surface area (Å²) in [7, 11) is 0. The lowest BCUT2D eigenvalue weighted by atomic mass is 10.1. The summed E-state index contributed by atoms with van der Waals surface area (Å²) in [5.41, 5.74) is 2.42. The van der Waals surface area contributed by atoms with Gasteiger partial charge in [0.2, 0.25) is 0 Å². The first kappa shape index (κ1) is 16.3. The van der Waals surface area contributed by atoms with Crippen molar-refractivity contribution in [3.05, 3.63) is 65.2 Å². The lowest BCUT2D eigenvalue weighted by Crippen LogP contribution is -2.48. The van der Waals surface area contributed by atoms with Crippen molar-refractivity contribution in [2.75, 3.05) is 37.6 Å². The maximum Gasteiger partial charge on any atom is 0.0707 e. The molecule has 0 spiro atoms. The molecule has 1 unspecified atom stereocenters. The second-order valence-corrected chi connectivity index (χ2v) is 6.54. The molecule has 0 amide bonds. The molecule has 1 aliphatic heterocycles. The average molecular weight is 331 g/mol. The van der Waals surface area contributed by atoms with E-state index in [1.54, 1.807) is 0 Å². The number of benzene rings is 2. The van der Waals surface area contributed by atoms with Gasteiger partial charge in [-0.2, -0.15) is 0 Å². The molecule has 3 rings (SSSR count). The molecule has 0 bridgehead atoms. The van der Waals surface area contributed by atoms with Crippen molar-refractivity contribution in [2.24, 2.45) is 0 Å². The third kappa shape index (κ3) is 4.71. The van der Waals surface area contributed by atoms with Gasteiger partial charge in [0.1, 0.15) is 0 Å². The smallest absolute Gasteiger partial charge is 0.0707 e. The summed E-state index contributed by atoms with van der Waals surface area (Å²) < 4.78 is 0. The molecule has 1 saturated heterocycles. The van der Waals surface area contributed by atoms with E-state index in [-0.39, 0.29) is 6.10 Å². The SMILES string of the molecule is OC(Cc1ccccc1)CN1CCN(c2ccc(Cl)cc2)CC1. The predicted molar refractivity (Wildman–Crippen MR) is 96.3 cm³/mol. The van der Waals surface area contributed by atoms with Gasteiger partial charge in [-0.05, 0) is 36.2 Å². The Labute approximate surface area is 143 Å². The van der Waals surface area contributed by atoms with E-state index >= 15 is 0 Å². The molecule has 23 heavy (non-hydrogen) atoms. The van der Waals surface area contributed by atoms with Gasteiger partial charge >= 0.3 is 0 Å². The number of anilines is 1. The lowest BCUT2D eigenvalue weighted by Gasteiger charge is -2.37. The lowest BCUT2D eigenvalue weighted by molar-refractivity contribution is 0.109. The highest BCUT2D eigenvalue weighted by Gasteiger charge is 2.19. The van der Waals surface area contributed by atoms with Crippen LogP contribution in [0.2, 0.25) is 5.02 Å². The molecule has 122 valence electrons. The summed E-state index contributed by atoms with van der Waals surface area (Å²) in [6.45, 7) is 4.67. The Kier molecular flexibility index (Phi) is 5.55. The van der Waals surface area contributed by atoms with Gasteiger partial charge in [0, 0.05) is 43.4 Å². The highest BCUT2D eigenvalue weighted by Crippen LogP contribution is 2.19. The summed E-state index contributed by atoms with van der Waals surface area (Å²) in [6.07, 6.45) is 0.414. The van der Waals surface area contributed by atoms with Gasteiger partial charge in [0.05, 0.1) is 6.10 Å². The highest BCUT2D eigenvalue weighted by atomic mass is 35.5. The summed E-state index contributed by atoms with van der Waals surface area (Å²) in [4.78, 5) is 4.72. The maximum absolute atomic E-state index is 10.3. The standard InChI is InChI=1S/C19H23ClN2O/c20-17-6-8-18(9-7-17)22-12-10-21(11-13-22)15-19(23)14-16-4-2-1-3-5-16/h1-9,19,23H,10-15H2.